The summed E-state index contributed by atoms with van der Waals surface area (Å²) in [5.41, 5.74) is 0.394. The normalized spacial score (nSPS) is 10.1. The van der Waals surface area contributed by atoms with Gasteiger partial charge in [0.05, 0.1) is 23.8 Å². The van der Waals surface area contributed by atoms with Gasteiger partial charge in [-0.25, -0.2) is 4.79 Å². The van der Waals surface area contributed by atoms with Gasteiger partial charge in [0.1, 0.15) is 17.2 Å². The van der Waals surface area contributed by atoms with Crippen LogP contribution in [-0.4, -0.2) is 19.2 Å². The van der Waals surface area contributed by atoms with Crippen LogP contribution in [0, 0.1) is 0 Å². The molecule has 0 aromatic heterocycles. The van der Waals surface area contributed by atoms with Crippen molar-refractivity contribution in [3.8, 4) is 17.2 Å². The van der Waals surface area contributed by atoms with Crippen LogP contribution in [0.4, 0.5) is 0 Å². The maximum absolute atomic E-state index is 11.6. The third-order valence-corrected chi connectivity index (χ3v) is 3.10. The third-order valence-electron chi connectivity index (χ3n) is 2.81. The number of rotatable bonds is 6. The molecule has 0 radical (unpaired) electrons. The van der Waals surface area contributed by atoms with Crippen LogP contribution in [0.3, 0.4) is 0 Å². The fourth-order valence-corrected chi connectivity index (χ4v) is 2.04. The lowest BCUT2D eigenvalue weighted by atomic mass is 10.2. The van der Waals surface area contributed by atoms with E-state index in [4.69, 9.17) is 25.8 Å². The Balaban J connectivity index is 2.11. The van der Waals surface area contributed by atoms with Gasteiger partial charge in [-0.2, -0.15) is 0 Å². The molecule has 2 rings (SSSR count). The molecule has 116 valence electrons. The van der Waals surface area contributed by atoms with Crippen LogP contribution in [0.15, 0.2) is 42.5 Å². The second-order valence-corrected chi connectivity index (χ2v) is 4.78. The fraction of sp³-hybridized carbons (Fsp3) is 0.235. The van der Waals surface area contributed by atoms with Gasteiger partial charge in [0.25, 0.3) is 0 Å². The van der Waals surface area contributed by atoms with E-state index in [-0.39, 0.29) is 0 Å². The fourth-order valence-electron chi connectivity index (χ4n) is 1.82. The van der Waals surface area contributed by atoms with Gasteiger partial charge in [0, 0.05) is 0 Å². The molecule has 0 saturated heterocycles. The van der Waals surface area contributed by atoms with Gasteiger partial charge in [-0.05, 0) is 56.3 Å². The summed E-state index contributed by atoms with van der Waals surface area (Å²) in [5, 5.41) is 0.347. The molecule has 5 heteroatoms. The second-order valence-electron chi connectivity index (χ2n) is 4.37. The highest BCUT2D eigenvalue weighted by atomic mass is 35.5. The highest BCUT2D eigenvalue weighted by Gasteiger charge is 2.10. The first-order valence-electron chi connectivity index (χ1n) is 7.01. The summed E-state index contributed by atoms with van der Waals surface area (Å²) in [6, 6.07) is 12.0. The van der Waals surface area contributed by atoms with E-state index in [0.717, 1.165) is 5.75 Å². The lowest BCUT2D eigenvalue weighted by Gasteiger charge is -2.10. The van der Waals surface area contributed by atoms with E-state index in [0.29, 0.717) is 35.3 Å². The number of benzene rings is 2. The summed E-state index contributed by atoms with van der Waals surface area (Å²) in [5.74, 6) is 1.48. The number of hydrogen-bond acceptors (Lipinski definition) is 4. The van der Waals surface area contributed by atoms with Crippen LogP contribution in [0.25, 0.3) is 0 Å². The first-order chi connectivity index (χ1) is 10.6. The highest BCUT2D eigenvalue weighted by Crippen LogP contribution is 2.31. The Labute approximate surface area is 134 Å². The van der Waals surface area contributed by atoms with E-state index < -0.39 is 5.97 Å². The number of carbonyl (C=O) groups excluding carboxylic acids is 1. The maximum atomic E-state index is 11.6. The average Bonchev–Trinajstić information content (AvgIpc) is 2.51. The first-order valence-corrected chi connectivity index (χ1v) is 7.39. The Morgan fingerprint density at radius 1 is 1.00 bits per heavy atom. The quantitative estimate of drug-likeness (QED) is 0.723. The van der Waals surface area contributed by atoms with Gasteiger partial charge >= 0.3 is 5.97 Å². The molecular formula is C17H17ClO4. The van der Waals surface area contributed by atoms with Crippen molar-refractivity contribution in [3.05, 3.63) is 53.1 Å². The summed E-state index contributed by atoms with van der Waals surface area (Å²) >= 11 is 6.15. The number of esters is 1. The molecule has 2 aromatic rings. The van der Waals surface area contributed by atoms with Crippen molar-refractivity contribution in [2.75, 3.05) is 13.2 Å². The zero-order valence-corrected chi connectivity index (χ0v) is 13.2. The Kier molecular flexibility index (Phi) is 5.67. The van der Waals surface area contributed by atoms with E-state index in [2.05, 4.69) is 0 Å². The Morgan fingerprint density at radius 3 is 2.27 bits per heavy atom. The molecule has 0 saturated carbocycles. The van der Waals surface area contributed by atoms with E-state index >= 15 is 0 Å². The smallest absolute Gasteiger partial charge is 0.338 e. The van der Waals surface area contributed by atoms with Crippen LogP contribution in [0.2, 0.25) is 5.02 Å². The predicted octanol–water partition coefficient (Wildman–Crippen LogP) is 4.71. The van der Waals surface area contributed by atoms with Crippen molar-refractivity contribution < 1.29 is 19.0 Å². The lowest BCUT2D eigenvalue weighted by Crippen LogP contribution is -2.04. The SMILES string of the molecule is CCOC(=O)c1ccc(Oc2ccc(OCC)cc2)c(Cl)c1. The zero-order valence-electron chi connectivity index (χ0n) is 12.5. The topological polar surface area (TPSA) is 44.8 Å². The predicted molar refractivity (Wildman–Crippen MR) is 85.1 cm³/mol. The van der Waals surface area contributed by atoms with Crippen molar-refractivity contribution >= 4 is 17.6 Å². The molecule has 0 fully saturated rings. The summed E-state index contributed by atoms with van der Waals surface area (Å²) in [6.07, 6.45) is 0. The van der Waals surface area contributed by atoms with Crippen molar-refractivity contribution in [2.45, 2.75) is 13.8 Å². The summed E-state index contributed by atoms with van der Waals surface area (Å²) in [7, 11) is 0. The zero-order chi connectivity index (χ0) is 15.9. The van der Waals surface area contributed by atoms with Gasteiger partial charge in [0.15, 0.2) is 0 Å². The van der Waals surface area contributed by atoms with Crippen molar-refractivity contribution in [3.63, 3.8) is 0 Å². The van der Waals surface area contributed by atoms with E-state index in [9.17, 15) is 4.79 Å². The van der Waals surface area contributed by atoms with Crippen LogP contribution >= 0.6 is 11.6 Å². The molecule has 2 aromatic carbocycles. The van der Waals surface area contributed by atoms with Gasteiger partial charge in [-0.15, -0.1) is 0 Å². The van der Waals surface area contributed by atoms with E-state index in [1.807, 2.05) is 19.1 Å². The first kappa shape index (κ1) is 16.2. The van der Waals surface area contributed by atoms with E-state index in [1.165, 1.54) is 6.07 Å². The van der Waals surface area contributed by atoms with Gasteiger partial charge in [0.2, 0.25) is 0 Å². The van der Waals surface area contributed by atoms with Crippen LogP contribution in [0.1, 0.15) is 24.2 Å². The molecule has 0 unspecified atom stereocenters. The molecule has 0 heterocycles. The molecular weight excluding hydrogens is 304 g/mol. The minimum Gasteiger partial charge on any atom is -0.494 e. The molecule has 0 atom stereocenters. The monoisotopic (exact) mass is 320 g/mol. The molecule has 4 nitrogen and oxygen atoms in total. The Morgan fingerprint density at radius 2 is 1.68 bits per heavy atom. The summed E-state index contributed by atoms with van der Waals surface area (Å²) < 4.78 is 16.0. The average molecular weight is 321 g/mol. The number of hydrogen-bond donors (Lipinski definition) is 0. The van der Waals surface area contributed by atoms with Crippen molar-refractivity contribution in [1.29, 1.82) is 0 Å². The van der Waals surface area contributed by atoms with Crippen molar-refractivity contribution in [1.82, 2.24) is 0 Å². The Hall–Kier alpha value is -2.20. The number of carbonyl (C=O) groups is 1. The minimum atomic E-state index is -0.406. The van der Waals surface area contributed by atoms with Crippen LogP contribution in [-0.2, 0) is 4.74 Å². The van der Waals surface area contributed by atoms with Crippen LogP contribution in [0.5, 0.6) is 17.2 Å². The highest BCUT2D eigenvalue weighted by molar-refractivity contribution is 6.32. The molecule has 0 N–H and O–H groups in total. The standard InChI is InChI=1S/C17H17ClO4/c1-3-20-13-6-8-14(9-7-13)22-16-10-5-12(11-15(16)18)17(19)21-4-2/h5-11H,3-4H2,1-2H3. The van der Waals surface area contributed by atoms with Gasteiger partial charge in [-0.3, -0.25) is 0 Å². The minimum absolute atomic E-state index is 0.320. The second kappa shape index (κ2) is 7.71. The molecule has 0 aliphatic carbocycles. The number of ether oxygens (including phenoxy) is 3. The van der Waals surface area contributed by atoms with E-state index in [1.54, 1.807) is 31.2 Å². The third kappa shape index (κ3) is 4.15. The summed E-state index contributed by atoms with van der Waals surface area (Å²) in [6.45, 7) is 4.61. The van der Waals surface area contributed by atoms with Crippen LogP contribution < -0.4 is 9.47 Å². The molecule has 0 aliphatic heterocycles. The molecule has 0 aliphatic rings. The largest absolute Gasteiger partial charge is 0.494 e. The molecule has 0 bridgehead atoms. The summed E-state index contributed by atoms with van der Waals surface area (Å²) in [4.78, 5) is 11.6. The maximum Gasteiger partial charge on any atom is 0.338 e. The molecule has 0 amide bonds. The molecule has 0 spiro atoms. The molecule has 22 heavy (non-hydrogen) atoms. The van der Waals surface area contributed by atoms with Crippen molar-refractivity contribution in [2.24, 2.45) is 0 Å². The lowest BCUT2D eigenvalue weighted by molar-refractivity contribution is 0.0526. The number of halogens is 1. The Bertz CT molecular complexity index is 638. The van der Waals surface area contributed by atoms with Gasteiger partial charge in [-0.1, -0.05) is 11.6 Å². The van der Waals surface area contributed by atoms with Gasteiger partial charge < -0.3 is 14.2 Å².